The van der Waals surface area contributed by atoms with Crippen LogP contribution in [0, 0.1) is 0 Å². The molecule has 0 aromatic carbocycles. The van der Waals surface area contributed by atoms with Crippen molar-refractivity contribution in [2.45, 2.75) is 25.4 Å². The quantitative estimate of drug-likeness (QED) is 0.752. The van der Waals surface area contributed by atoms with E-state index in [1.54, 1.807) is 7.05 Å². The molecule has 0 bridgehead atoms. The standard InChI is InChI=1S/C8H13N3O2/c1-9-8-10-7(11-13-8)5-6-3-2-4-12-6/h6H,2-5H2,1H3,(H,9,10,11). The van der Waals surface area contributed by atoms with Gasteiger partial charge in [-0.25, -0.2) is 0 Å². The van der Waals surface area contributed by atoms with Crippen LogP contribution in [0.25, 0.3) is 0 Å². The van der Waals surface area contributed by atoms with Crippen molar-refractivity contribution < 1.29 is 9.26 Å². The van der Waals surface area contributed by atoms with E-state index in [4.69, 9.17) is 9.26 Å². The van der Waals surface area contributed by atoms with Crippen LogP contribution in [0.4, 0.5) is 6.01 Å². The van der Waals surface area contributed by atoms with Crippen molar-refractivity contribution in [3.05, 3.63) is 5.82 Å². The van der Waals surface area contributed by atoms with Gasteiger partial charge in [0.25, 0.3) is 0 Å². The first-order valence-electron chi connectivity index (χ1n) is 4.50. The van der Waals surface area contributed by atoms with Crippen molar-refractivity contribution in [2.75, 3.05) is 19.0 Å². The van der Waals surface area contributed by atoms with Gasteiger partial charge in [-0.15, -0.1) is 0 Å². The Bertz CT molecular complexity index is 268. The Labute approximate surface area is 76.5 Å². The monoisotopic (exact) mass is 183 g/mol. The molecule has 2 rings (SSSR count). The summed E-state index contributed by atoms with van der Waals surface area (Å²) in [5.74, 6) is 0.719. The molecule has 1 saturated heterocycles. The van der Waals surface area contributed by atoms with E-state index in [0.717, 1.165) is 31.7 Å². The Balaban J connectivity index is 1.92. The summed E-state index contributed by atoms with van der Waals surface area (Å²) in [6.45, 7) is 0.863. The third-order valence-corrected chi connectivity index (χ3v) is 2.12. The number of ether oxygens (including phenoxy) is 1. The number of nitrogens with one attached hydrogen (secondary N) is 1. The normalized spacial score (nSPS) is 22.1. The van der Waals surface area contributed by atoms with E-state index >= 15 is 0 Å². The number of hydrogen-bond acceptors (Lipinski definition) is 5. The van der Waals surface area contributed by atoms with Gasteiger partial charge >= 0.3 is 6.01 Å². The van der Waals surface area contributed by atoms with E-state index in [1.807, 2.05) is 0 Å². The van der Waals surface area contributed by atoms with Crippen LogP contribution in [-0.2, 0) is 11.2 Å². The number of hydrogen-bond donors (Lipinski definition) is 1. The lowest BCUT2D eigenvalue weighted by atomic mass is 10.2. The van der Waals surface area contributed by atoms with Crippen molar-refractivity contribution >= 4 is 6.01 Å². The van der Waals surface area contributed by atoms with Gasteiger partial charge in [0.1, 0.15) is 0 Å². The summed E-state index contributed by atoms with van der Waals surface area (Å²) in [5.41, 5.74) is 0. The van der Waals surface area contributed by atoms with Crippen LogP contribution in [0.15, 0.2) is 4.52 Å². The number of nitrogens with zero attached hydrogens (tertiary/aromatic N) is 2. The van der Waals surface area contributed by atoms with Crippen LogP contribution < -0.4 is 5.32 Å². The van der Waals surface area contributed by atoms with Gasteiger partial charge in [-0.1, -0.05) is 5.16 Å². The molecular weight excluding hydrogens is 170 g/mol. The van der Waals surface area contributed by atoms with E-state index in [0.29, 0.717) is 6.01 Å². The minimum Gasteiger partial charge on any atom is -0.378 e. The zero-order chi connectivity index (χ0) is 9.10. The number of rotatable bonds is 3. The molecule has 5 nitrogen and oxygen atoms in total. The second kappa shape index (κ2) is 3.74. The maximum absolute atomic E-state index is 5.46. The SMILES string of the molecule is CNc1nc(CC2CCCO2)no1. The lowest BCUT2D eigenvalue weighted by Gasteiger charge is -2.03. The highest BCUT2D eigenvalue weighted by Crippen LogP contribution is 2.16. The molecule has 2 heterocycles. The predicted octanol–water partition coefficient (Wildman–Crippen LogP) is 0.833. The summed E-state index contributed by atoms with van der Waals surface area (Å²) in [5, 5.41) is 6.61. The third kappa shape index (κ3) is 1.98. The molecule has 0 amide bonds. The lowest BCUT2D eigenvalue weighted by molar-refractivity contribution is 0.109. The second-order valence-electron chi connectivity index (χ2n) is 3.10. The first-order valence-corrected chi connectivity index (χ1v) is 4.50. The highest BCUT2D eigenvalue weighted by atomic mass is 16.5. The van der Waals surface area contributed by atoms with Crippen LogP contribution in [0.1, 0.15) is 18.7 Å². The molecular formula is C8H13N3O2. The molecule has 1 aliphatic heterocycles. The number of anilines is 1. The molecule has 1 aromatic heterocycles. The molecule has 1 aromatic rings. The molecule has 0 saturated carbocycles. The zero-order valence-corrected chi connectivity index (χ0v) is 7.62. The van der Waals surface area contributed by atoms with Gasteiger partial charge in [0.2, 0.25) is 0 Å². The highest BCUT2D eigenvalue weighted by molar-refractivity contribution is 5.16. The predicted molar refractivity (Wildman–Crippen MR) is 46.5 cm³/mol. The van der Waals surface area contributed by atoms with Crippen LogP contribution in [0.5, 0.6) is 0 Å². The topological polar surface area (TPSA) is 60.2 Å². The number of aromatic nitrogens is 2. The first-order chi connectivity index (χ1) is 6.38. The van der Waals surface area contributed by atoms with Crippen LogP contribution >= 0.6 is 0 Å². The van der Waals surface area contributed by atoms with Crippen LogP contribution in [-0.4, -0.2) is 29.9 Å². The molecule has 1 N–H and O–H groups in total. The van der Waals surface area contributed by atoms with Crippen molar-refractivity contribution in [1.82, 2.24) is 10.1 Å². The molecule has 1 aliphatic rings. The molecule has 0 radical (unpaired) electrons. The molecule has 0 aliphatic carbocycles. The molecule has 1 unspecified atom stereocenters. The summed E-state index contributed by atoms with van der Waals surface area (Å²) in [6, 6.07) is 0.466. The summed E-state index contributed by atoms with van der Waals surface area (Å²) in [6.07, 6.45) is 3.28. The lowest BCUT2D eigenvalue weighted by Crippen LogP contribution is -2.09. The summed E-state index contributed by atoms with van der Waals surface area (Å²) in [7, 11) is 1.75. The highest BCUT2D eigenvalue weighted by Gasteiger charge is 2.18. The average molecular weight is 183 g/mol. The van der Waals surface area contributed by atoms with E-state index in [2.05, 4.69) is 15.5 Å². The van der Waals surface area contributed by atoms with Crippen LogP contribution in [0.2, 0.25) is 0 Å². The first kappa shape index (κ1) is 8.50. The molecule has 1 atom stereocenters. The minimum absolute atomic E-state index is 0.280. The van der Waals surface area contributed by atoms with Crippen molar-refractivity contribution in [1.29, 1.82) is 0 Å². The Morgan fingerprint density at radius 2 is 2.54 bits per heavy atom. The summed E-state index contributed by atoms with van der Waals surface area (Å²) < 4.78 is 10.4. The summed E-state index contributed by atoms with van der Waals surface area (Å²) >= 11 is 0. The molecule has 13 heavy (non-hydrogen) atoms. The van der Waals surface area contributed by atoms with E-state index in [9.17, 15) is 0 Å². The Morgan fingerprint density at radius 3 is 3.15 bits per heavy atom. The van der Waals surface area contributed by atoms with Gasteiger partial charge in [0.15, 0.2) is 5.82 Å². The van der Waals surface area contributed by atoms with Gasteiger partial charge in [-0.05, 0) is 12.8 Å². The molecule has 5 heteroatoms. The molecule has 72 valence electrons. The fourth-order valence-electron chi connectivity index (χ4n) is 1.45. The average Bonchev–Trinajstić information content (AvgIpc) is 2.76. The van der Waals surface area contributed by atoms with Crippen LogP contribution in [0.3, 0.4) is 0 Å². The van der Waals surface area contributed by atoms with Crippen molar-refractivity contribution in [3.63, 3.8) is 0 Å². The van der Waals surface area contributed by atoms with Crippen molar-refractivity contribution in [3.8, 4) is 0 Å². The smallest absolute Gasteiger partial charge is 0.321 e. The Hall–Kier alpha value is -1.10. The van der Waals surface area contributed by atoms with Gasteiger partial charge in [-0.3, -0.25) is 0 Å². The maximum Gasteiger partial charge on any atom is 0.321 e. The van der Waals surface area contributed by atoms with E-state index < -0.39 is 0 Å². The van der Waals surface area contributed by atoms with Gasteiger partial charge in [0, 0.05) is 20.1 Å². The fourth-order valence-corrected chi connectivity index (χ4v) is 1.45. The molecule has 1 fully saturated rings. The maximum atomic E-state index is 5.46. The second-order valence-corrected chi connectivity index (χ2v) is 3.10. The molecule has 0 spiro atoms. The van der Waals surface area contributed by atoms with Gasteiger partial charge in [-0.2, -0.15) is 4.98 Å². The largest absolute Gasteiger partial charge is 0.378 e. The zero-order valence-electron chi connectivity index (χ0n) is 7.62. The minimum atomic E-state index is 0.280. The van der Waals surface area contributed by atoms with Gasteiger partial charge in [0.05, 0.1) is 6.10 Å². The Morgan fingerprint density at radius 1 is 1.62 bits per heavy atom. The van der Waals surface area contributed by atoms with E-state index in [-0.39, 0.29) is 6.10 Å². The summed E-state index contributed by atoms with van der Waals surface area (Å²) in [4.78, 5) is 4.12. The fraction of sp³-hybridized carbons (Fsp3) is 0.750. The Kier molecular flexibility index (Phi) is 2.44. The van der Waals surface area contributed by atoms with Crippen molar-refractivity contribution in [2.24, 2.45) is 0 Å². The van der Waals surface area contributed by atoms with E-state index in [1.165, 1.54) is 0 Å². The van der Waals surface area contributed by atoms with Gasteiger partial charge < -0.3 is 14.6 Å². The third-order valence-electron chi connectivity index (χ3n) is 2.12.